The molecule has 130 valence electrons. The van der Waals surface area contributed by atoms with Crippen LogP contribution in [0.5, 0.6) is 5.75 Å². The van der Waals surface area contributed by atoms with Gasteiger partial charge in [-0.15, -0.1) is 5.10 Å². The molecule has 0 aromatic heterocycles. The maximum absolute atomic E-state index is 13.2. The molecular formula is C19H19F2N3O. The van der Waals surface area contributed by atoms with E-state index in [1.807, 2.05) is 29.3 Å². The fourth-order valence-corrected chi connectivity index (χ4v) is 3.28. The molecule has 2 heterocycles. The Morgan fingerprint density at radius 2 is 2.24 bits per heavy atom. The number of hydrogen-bond donors (Lipinski definition) is 0. The molecule has 0 spiro atoms. The first-order valence-corrected chi connectivity index (χ1v) is 8.38. The van der Waals surface area contributed by atoms with Crippen LogP contribution < -0.4 is 4.74 Å². The number of benzene rings is 1. The Hall–Kier alpha value is -2.50. The van der Waals surface area contributed by atoms with E-state index < -0.39 is 11.8 Å². The number of nitrogens with zero attached hydrogens (tertiary/aromatic N) is 3. The van der Waals surface area contributed by atoms with Crippen LogP contribution in [0.4, 0.5) is 8.78 Å². The fourth-order valence-electron chi connectivity index (χ4n) is 3.28. The van der Waals surface area contributed by atoms with Crippen LogP contribution in [0.3, 0.4) is 0 Å². The minimum Gasteiger partial charge on any atom is -0.493 e. The van der Waals surface area contributed by atoms with Crippen molar-refractivity contribution in [2.24, 2.45) is 16.1 Å². The van der Waals surface area contributed by atoms with Gasteiger partial charge in [0.2, 0.25) is 0 Å². The Bertz CT molecular complexity index is 798. The molecule has 0 N–H and O–H groups in total. The molecule has 1 aliphatic carbocycles. The maximum Gasteiger partial charge on any atom is 0.252 e. The van der Waals surface area contributed by atoms with Crippen LogP contribution in [-0.2, 0) is 6.42 Å². The van der Waals surface area contributed by atoms with E-state index in [9.17, 15) is 8.78 Å². The van der Waals surface area contributed by atoms with E-state index in [0.29, 0.717) is 12.4 Å². The van der Waals surface area contributed by atoms with Gasteiger partial charge in [0.05, 0.1) is 6.61 Å². The largest absolute Gasteiger partial charge is 0.493 e. The summed E-state index contributed by atoms with van der Waals surface area (Å²) >= 11 is 0. The Kier molecular flexibility index (Phi) is 3.90. The number of fused-ring (bicyclic) bond motifs is 1. The summed E-state index contributed by atoms with van der Waals surface area (Å²) in [4.78, 5) is 1.85. The van der Waals surface area contributed by atoms with Gasteiger partial charge in [-0.3, -0.25) is 0 Å². The molecular weight excluding hydrogens is 324 g/mol. The molecule has 4 rings (SSSR count). The molecule has 1 aromatic rings. The SMILES string of the molecule is C=N/N=C(/CC1CC1(F)F)N1C=CC(c2ccc3c(c2)CCO3)=CC1. The lowest BCUT2D eigenvalue weighted by atomic mass is 10.00. The summed E-state index contributed by atoms with van der Waals surface area (Å²) in [6.45, 7) is 4.67. The van der Waals surface area contributed by atoms with E-state index in [2.05, 4.69) is 29.1 Å². The quantitative estimate of drug-likeness (QED) is 0.472. The third-order valence-electron chi connectivity index (χ3n) is 4.87. The summed E-state index contributed by atoms with van der Waals surface area (Å²) in [5.74, 6) is -1.70. The smallest absolute Gasteiger partial charge is 0.252 e. The number of halogens is 2. The lowest BCUT2D eigenvalue weighted by Crippen LogP contribution is -2.28. The van der Waals surface area contributed by atoms with Gasteiger partial charge in [0.25, 0.3) is 5.92 Å². The molecule has 1 saturated carbocycles. The highest BCUT2D eigenvalue weighted by Crippen LogP contribution is 2.51. The van der Waals surface area contributed by atoms with Crippen LogP contribution in [-0.4, -0.2) is 36.5 Å². The molecule has 0 amide bonds. The van der Waals surface area contributed by atoms with Gasteiger partial charge in [-0.1, -0.05) is 12.1 Å². The van der Waals surface area contributed by atoms with E-state index in [1.165, 1.54) is 5.56 Å². The molecule has 0 saturated heterocycles. The van der Waals surface area contributed by atoms with Crippen molar-refractivity contribution in [3.8, 4) is 5.75 Å². The maximum atomic E-state index is 13.2. The standard InChI is InChI=1S/C19H19F2N3O/c1-22-23-18(11-16-12-19(16,20)21)24-7-4-13(5-8-24)14-2-3-17-15(10-14)6-9-25-17/h2-5,7,10,16H,1,6,8-9,11-12H2/b23-18-. The average molecular weight is 343 g/mol. The van der Waals surface area contributed by atoms with Crippen molar-refractivity contribution in [2.75, 3.05) is 13.2 Å². The number of ether oxygens (including phenoxy) is 1. The number of alkyl halides is 2. The summed E-state index contributed by atoms with van der Waals surface area (Å²) in [7, 11) is 0. The second kappa shape index (κ2) is 6.10. The normalized spacial score (nSPS) is 23.8. The van der Waals surface area contributed by atoms with Crippen LogP contribution in [0.1, 0.15) is 24.0 Å². The monoisotopic (exact) mass is 343 g/mol. The topological polar surface area (TPSA) is 37.2 Å². The summed E-state index contributed by atoms with van der Waals surface area (Å²) in [6, 6.07) is 6.20. The van der Waals surface area contributed by atoms with E-state index in [4.69, 9.17) is 4.74 Å². The van der Waals surface area contributed by atoms with E-state index in [-0.39, 0.29) is 12.8 Å². The van der Waals surface area contributed by atoms with Gasteiger partial charge >= 0.3 is 0 Å². The number of rotatable bonds is 4. The zero-order valence-corrected chi connectivity index (χ0v) is 13.8. The first-order valence-electron chi connectivity index (χ1n) is 8.38. The van der Waals surface area contributed by atoms with Gasteiger partial charge in [-0.05, 0) is 34.9 Å². The molecule has 2 aliphatic heterocycles. The first kappa shape index (κ1) is 16.0. The van der Waals surface area contributed by atoms with E-state index >= 15 is 0 Å². The van der Waals surface area contributed by atoms with Crippen molar-refractivity contribution >= 4 is 18.1 Å². The minimum atomic E-state index is -2.56. The van der Waals surface area contributed by atoms with Crippen LogP contribution in [0.15, 0.2) is 46.8 Å². The van der Waals surface area contributed by atoms with Crippen molar-refractivity contribution in [3.63, 3.8) is 0 Å². The van der Waals surface area contributed by atoms with Gasteiger partial charge in [0, 0.05) is 44.6 Å². The predicted octanol–water partition coefficient (Wildman–Crippen LogP) is 3.89. The third kappa shape index (κ3) is 3.21. The van der Waals surface area contributed by atoms with Gasteiger partial charge in [0.15, 0.2) is 0 Å². The number of amidine groups is 1. The highest BCUT2D eigenvalue weighted by Gasteiger charge is 2.57. The molecule has 0 radical (unpaired) electrons. The molecule has 3 aliphatic rings. The minimum absolute atomic E-state index is 0.0704. The van der Waals surface area contributed by atoms with Gasteiger partial charge < -0.3 is 9.64 Å². The van der Waals surface area contributed by atoms with Crippen molar-refractivity contribution in [1.82, 2.24) is 4.90 Å². The summed E-state index contributed by atoms with van der Waals surface area (Å²) in [5.41, 5.74) is 3.46. The fraction of sp³-hybridized carbons (Fsp3) is 0.368. The molecule has 0 bridgehead atoms. The summed E-state index contributed by atoms with van der Waals surface area (Å²) in [6.07, 6.45) is 7.01. The van der Waals surface area contributed by atoms with Crippen LogP contribution in [0, 0.1) is 5.92 Å². The van der Waals surface area contributed by atoms with Gasteiger partial charge in [0.1, 0.15) is 11.6 Å². The van der Waals surface area contributed by atoms with Crippen molar-refractivity contribution in [1.29, 1.82) is 0 Å². The molecule has 1 aromatic carbocycles. The van der Waals surface area contributed by atoms with Gasteiger partial charge in [-0.25, -0.2) is 8.78 Å². The zero-order chi connectivity index (χ0) is 17.4. The Morgan fingerprint density at radius 1 is 1.40 bits per heavy atom. The highest BCUT2D eigenvalue weighted by atomic mass is 19.3. The average Bonchev–Trinajstić information content (AvgIpc) is 3.00. The van der Waals surface area contributed by atoms with E-state index in [1.54, 1.807) is 0 Å². The number of hydrogen-bond acceptors (Lipinski definition) is 3. The molecule has 1 fully saturated rings. The lowest BCUT2D eigenvalue weighted by Gasteiger charge is -2.24. The molecule has 4 nitrogen and oxygen atoms in total. The van der Waals surface area contributed by atoms with Crippen LogP contribution in [0.2, 0.25) is 0 Å². The molecule has 6 heteroatoms. The van der Waals surface area contributed by atoms with Crippen molar-refractivity contribution < 1.29 is 13.5 Å². The van der Waals surface area contributed by atoms with Crippen molar-refractivity contribution in [2.45, 2.75) is 25.2 Å². The predicted molar refractivity (Wildman–Crippen MR) is 94.1 cm³/mol. The van der Waals surface area contributed by atoms with Crippen molar-refractivity contribution in [3.05, 3.63) is 47.7 Å². The number of allylic oxidation sites excluding steroid dienone is 2. The zero-order valence-electron chi connectivity index (χ0n) is 13.8. The Balaban J connectivity index is 1.47. The molecule has 1 unspecified atom stereocenters. The van der Waals surface area contributed by atoms with Crippen LogP contribution >= 0.6 is 0 Å². The Labute approximate surface area is 145 Å². The van der Waals surface area contributed by atoms with E-state index in [0.717, 1.165) is 29.9 Å². The van der Waals surface area contributed by atoms with Crippen LogP contribution in [0.25, 0.3) is 5.57 Å². The summed E-state index contributed by atoms with van der Waals surface area (Å²) in [5, 5.41) is 7.50. The van der Waals surface area contributed by atoms with Gasteiger partial charge in [-0.2, -0.15) is 5.10 Å². The Morgan fingerprint density at radius 3 is 2.92 bits per heavy atom. The lowest BCUT2D eigenvalue weighted by molar-refractivity contribution is 0.0998. The second-order valence-electron chi connectivity index (χ2n) is 6.57. The first-order chi connectivity index (χ1) is 12.1. The molecule has 25 heavy (non-hydrogen) atoms. The summed E-state index contributed by atoms with van der Waals surface area (Å²) < 4.78 is 31.9. The third-order valence-corrected chi connectivity index (χ3v) is 4.87. The second-order valence-corrected chi connectivity index (χ2v) is 6.57. The molecule has 1 atom stereocenters. The highest BCUT2D eigenvalue weighted by molar-refractivity contribution is 5.86.